The van der Waals surface area contributed by atoms with Crippen LogP contribution < -0.4 is 10.5 Å². The molecule has 0 atom stereocenters. The first-order valence-electron chi connectivity index (χ1n) is 5.16. The maximum atomic E-state index is 13.5. The van der Waals surface area contributed by atoms with Crippen LogP contribution in [0.4, 0.5) is 10.1 Å². The largest absolute Gasteiger partial charge is 0.440 e. The molecule has 0 radical (unpaired) electrons. The monoisotopic (exact) mass is 318 g/mol. The first-order chi connectivity index (χ1) is 9.27. The lowest BCUT2D eigenvalue weighted by molar-refractivity contribution is 0.0996. The molecule has 1 aromatic heterocycles. The summed E-state index contributed by atoms with van der Waals surface area (Å²) in [5.41, 5.74) is -0.339. The number of carbonyl (C=O) groups excluding carboxylic acids is 1. The number of furan rings is 1. The Morgan fingerprint density at radius 2 is 2.00 bits per heavy atom. The van der Waals surface area contributed by atoms with Gasteiger partial charge >= 0.3 is 0 Å². The molecule has 0 aliphatic carbocycles. The minimum Gasteiger partial charge on any atom is -0.440 e. The number of benzene rings is 1. The molecule has 0 bridgehead atoms. The lowest BCUT2D eigenvalue weighted by Gasteiger charge is -2.06. The van der Waals surface area contributed by atoms with E-state index in [9.17, 15) is 17.6 Å². The predicted octanol–water partition coefficient (Wildman–Crippen LogP) is 1.97. The number of nitrogens with two attached hydrogens (primary N) is 1. The molecule has 0 saturated heterocycles. The normalized spacial score (nSPS) is 11.3. The van der Waals surface area contributed by atoms with Gasteiger partial charge in [0.1, 0.15) is 5.82 Å². The van der Waals surface area contributed by atoms with Gasteiger partial charge in [-0.3, -0.25) is 4.79 Å². The fourth-order valence-electron chi connectivity index (χ4n) is 1.40. The number of sulfonamides is 1. The molecule has 0 fully saturated rings. The minimum atomic E-state index is -4.00. The molecule has 9 heteroatoms. The molecule has 1 aromatic carbocycles. The highest BCUT2D eigenvalue weighted by Crippen LogP contribution is 2.20. The molecule has 0 aliphatic heterocycles. The fraction of sp³-hybridized carbons (Fsp3) is 0. The van der Waals surface area contributed by atoms with Crippen LogP contribution >= 0.6 is 11.6 Å². The fourth-order valence-corrected chi connectivity index (χ4v) is 2.08. The van der Waals surface area contributed by atoms with E-state index in [4.69, 9.17) is 21.2 Å². The lowest BCUT2D eigenvalue weighted by Crippen LogP contribution is -2.15. The Labute approximate surface area is 118 Å². The van der Waals surface area contributed by atoms with E-state index < -0.39 is 21.7 Å². The zero-order valence-electron chi connectivity index (χ0n) is 9.76. The van der Waals surface area contributed by atoms with Gasteiger partial charge in [-0.25, -0.2) is 17.9 Å². The molecule has 3 N–H and O–H groups in total. The highest BCUT2D eigenvalue weighted by molar-refractivity contribution is 7.89. The van der Waals surface area contributed by atoms with Crippen LogP contribution in [0.3, 0.4) is 0 Å². The van der Waals surface area contributed by atoms with Crippen molar-refractivity contribution >= 4 is 33.2 Å². The minimum absolute atomic E-state index is 0.00564. The molecular formula is C11H8ClFN2O4S. The average molecular weight is 319 g/mol. The topological polar surface area (TPSA) is 102 Å². The van der Waals surface area contributed by atoms with E-state index in [2.05, 4.69) is 5.32 Å². The molecule has 0 spiro atoms. The van der Waals surface area contributed by atoms with Crippen LogP contribution in [-0.2, 0) is 10.0 Å². The van der Waals surface area contributed by atoms with Crippen LogP contribution in [0, 0.1) is 5.82 Å². The van der Waals surface area contributed by atoms with E-state index in [1.807, 2.05) is 0 Å². The molecule has 6 nitrogen and oxygen atoms in total. The third kappa shape index (κ3) is 3.16. The summed E-state index contributed by atoms with van der Waals surface area (Å²) in [6.45, 7) is 0. The van der Waals surface area contributed by atoms with Crippen molar-refractivity contribution in [3.63, 3.8) is 0 Å². The molecule has 106 valence electrons. The summed E-state index contributed by atoms with van der Waals surface area (Å²) in [4.78, 5) is 11.4. The third-order valence-electron chi connectivity index (χ3n) is 2.31. The Morgan fingerprint density at radius 3 is 2.55 bits per heavy atom. The second-order valence-electron chi connectivity index (χ2n) is 3.74. The molecule has 2 aromatic rings. The SMILES string of the molecule is NS(=O)(=O)c1ccc(F)c(NC(=O)c2ccc(Cl)o2)c1. The number of nitrogens with one attached hydrogen (secondary N) is 1. The number of rotatable bonds is 3. The lowest BCUT2D eigenvalue weighted by atomic mass is 10.3. The van der Waals surface area contributed by atoms with Gasteiger partial charge in [0.15, 0.2) is 11.0 Å². The number of hydrogen-bond acceptors (Lipinski definition) is 4. The van der Waals surface area contributed by atoms with Gasteiger partial charge in [0, 0.05) is 0 Å². The van der Waals surface area contributed by atoms with Crippen LogP contribution in [0.15, 0.2) is 39.6 Å². The van der Waals surface area contributed by atoms with Gasteiger partial charge in [-0.15, -0.1) is 0 Å². The second kappa shape index (κ2) is 5.23. The van der Waals surface area contributed by atoms with Gasteiger partial charge in [-0.2, -0.15) is 0 Å². The standard InChI is InChI=1S/C11H8ClFN2O4S/c12-10-4-3-9(19-10)11(16)15-8-5-6(20(14,17)18)1-2-7(8)13/h1-5H,(H,15,16)(H2,14,17,18). The van der Waals surface area contributed by atoms with E-state index in [1.165, 1.54) is 12.1 Å². The summed E-state index contributed by atoms with van der Waals surface area (Å²) in [6, 6.07) is 5.41. The predicted molar refractivity (Wildman–Crippen MR) is 69.4 cm³/mol. The first kappa shape index (κ1) is 14.5. The van der Waals surface area contributed by atoms with E-state index in [1.54, 1.807) is 0 Å². The maximum absolute atomic E-state index is 13.5. The average Bonchev–Trinajstić information content (AvgIpc) is 2.77. The number of amides is 1. The molecule has 0 unspecified atom stereocenters. The van der Waals surface area contributed by atoms with Crippen LogP contribution in [0.5, 0.6) is 0 Å². The molecule has 1 amide bonds. The summed E-state index contributed by atoms with van der Waals surface area (Å²) in [5.74, 6) is -1.74. The van der Waals surface area contributed by atoms with E-state index in [0.717, 1.165) is 18.2 Å². The summed E-state index contributed by atoms with van der Waals surface area (Å²) in [5, 5.41) is 7.08. The summed E-state index contributed by atoms with van der Waals surface area (Å²) < 4.78 is 40.7. The van der Waals surface area contributed by atoms with Gasteiger partial charge in [0.25, 0.3) is 5.91 Å². The molecular weight excluding hydrogens is 311 g/mol. The Hall–Kier alpha value is -1.90. The Morgan fingerprint density at radius 1 is 1.30 bits per heavy atom. The molecule has 1 heterocycles. The number of anilines is 1. The maximum Gasteiger partial charge on any atom is 0.291 e. The van der Waals surface area contributed by atoms with Crippen molar-refractivity contribution in [3.05, 3.63) is 47.1 Å². The molecule has 2 rings (SSSR count). The number of hydrogen-bond donors (Lipinski definition) is 2. The molecule has 20 heavy (non-hydrogen) atoms. The van der Waals surface area contributed by atoms with Crippen molar-refractivity contribution in [2.45, 2.75) is 4.90 Å². The van der Waals surface area contributed by atoms with Crippen molar-refractivity contribution in [2.24, 2.45) is 5.14 Å². The van der Waals surface area contributed by atoms with E-state index >= 15 is 0 Å². The van der Waals surface area contributed by atoms with Crippen LogP contribution in [-0.4, -0.2) is 14.3 Å². The van der Waals surface area contributed by atoms with Crippen LogP contribution in [0.1, 0.15) is 10.6 Å². The summed E-state index contributed by atoms with van der Waals surface area (Å²) in [7, 11) is -4.00. The van der Waals surface area contributed by atoms with Gasteiger partial charge < -0.3 is 9.73 Å². The molecule has 0 saturated carbocycles. The number of carbonyl (C=O) groups is 1. The Kier molecular flexibility index (Phi) is 3.80. The van der Waals surface area contributed by atoms with Crippen molar-refractivity contribution in [1.82, 2.24) is 0 Å². The van der Waals surface area contributed by atoms with Crippen molar-refractivity contribution in [3.8, 4) is 0 Å². The van der Waals surface area contributed by atoms with Gasteiger partial charge in [-0.1, -0.05) is 0 Å². The van der Waals surface area contributed by atoms with E-state index in [-0.39, 0.29) is 21.6 Å². The van der Waals surface area contributed by atoms with Crippen molar-refractivity contribution in [2.75, 3.05) is 5.32 Å². The number of halogens is 2. The highest BCUT2D eigenvalue weighted by atomic mass is 35.5. The highest BCUT2D eigenvalue weighted by Gasteiger charge is 2.16. The van der Waals surface area contributed by atoms with Crippen molar-refractivity contribution in [1.29, 1.82) is 0 Å². The van der Waals surface area contributed by atoms with Gasteiger partial charge in [0.2, 0.25) is 10.0 Å². The third-order valence-corrected chi connectivity index (χ3v) is 3.43. The van der Waals surface area contributed by atoms with E-state index in [0.29, 0.717) is 0 Å². The zero-order valence-corrected chi connectivity index (χ0v) is 11.3. The zero-order chi connectivity index (χ0) is 14.9. The first-order valence-corrected chi connectivity index (χ1v) is 7.09. The Bertz CT molecular complexity index is 772. The van der Waals surface area contributed by atoms with Crippen LogP contribution in [0.2, 0.25) is 5.22 Å². The second-order valence-corrected chi connectivity index (χ2v) is 5.68. The molecule has 0 aliphatic rings. The quantitative estimate of drug-likeness (QED) is 0.903. The van der Waals surface area contributed by atoms with Gasteiger partial charge in [-0.05, 0) is 41.9 Å². The smallest absolute Gasteiger partial charge is 0.291 e. The Balaban J connectivity index is 2.31. The van der Waals surface area contributed by atoms with Crippen LogP contribution in [0.25, 0.3) is 0 Å². The number of primary sulfonamides is 1. The van der Waals surface area contributed by atoms with Gasteiger partial charge in [0.05, 0.1) is 10.6 Å². The van der Waals surface area contributed by atoms with Crippen molar-refractivity contribution < 1.29 is 22.0 Å². The summed E-state index contributed by atoms with van der Waals surface area (Å²) >= 11 is 5.51. The summed E-state index contributed by atoms with van der Waals surface area (Å²) in [6.07, 6.45) is 0.